The third-order valence-corrected chi connectivity index (χ3v) is 3.71. The zero-order valence-electron chi connectivity index (χ0n) is 9.59. The van der Waals surface area contributed by atoms with Gasteiger partial charge in [0.25, 0.3) is 0 Å². The maximum atomic E-state index is 11.1. The van der Waals surface area contributed by atoms with Crippen LogP contribution in [0.3, 0.4) is 0 Å². The van der Waals surface area contributed by atoms with Gasteiger partial charge in [0.2, 0.25) is 0 Å². The Kier molecular flexibility index (Phi) is 3.03. The van der Waals surface area contributed by atoms with Crippen LogP contribution in [0, 0.1) is 17.3 Å². The van der Waals surface area contributed by atoms with Gasteiger partial charge in [-0.15, -0.1) is 0 Å². The van der Waals surface area contributed by atoms with E-state index in [1.54, 1.807) is 0 Å². The van der Waals surface area contributed by atoms with Crippen molar-refractivity contribution in [2.75, 3.05) is 7.11 Å². The van der Waals surface area contributed by atoms with Crippen LogP contribution in [-0.4, -0.2) is 13.1 Å². The van der Waals surface area contributed by atoms with E-state index in [0.717, 1.165) is 6.42 Å². The van der Waals surface area contributed by atoms with Crippen molar-refractivity contribution >= 4 is 5.97 Å². The molecule has 0 aromatic rings. The van der Waals surface area contributed by atoms with Gasteiger partial charge in [0.1, 0.15) is 0 Å². The fourth-order valence-corrected chi connectivity index (χ4v) is 2.48. The van der Waals surface area contributed by atoms with E-state index in [-0.39, 0.29) is 11.4 Å². The van der Waals surface area contributed by atoms with Crippen molar-refractivity contribution in [2.24, 2.45) is 17.3 Å². The molecule has 0 aromatic carbocycles. The highest BCUT2D eigenvalue weighted by Gasteiger charge is 2.48. The average molecular weight is 196 g/mol. The first-order valence-electron chi connectivity index (χ1n) is 5.11. The third kappa shape index (κ3) is 1.84. The molecular weight excluding hydrogens is 176 g/mol. The van der Waals surface area contributed by atoms with Crippen molar-refractivity contribution in [1.82, 2.24) is 0 Å². The molecule has 1 rings (SSSR count). The SMILES string of the molecule is C=C(C)[C@H]1C[C@@H](CC(=O)OC)C1(C)C. The van der Waals surface area contributed by atoms with Crippen molar-refractivity contribution < 1.29 is 9.53 Å². The molecule has 0 amide bonds. The number of methoxy groups -OCH3 is 1. The molecule has 0 N–H and O–H groups in total. The van der Waals surface area contributed by atoms with Crippen LogP contribution in [0.1, 0.15) is 33.6 Å². The molecule has 1 fully saturated rings. The van der Waals surface area contributed by atoms with E-state index in [4.69, 9.17) is 0 Å². The topological polar surface area (TPSA) is 26.3 Å². The van der Waals surface area contributed by atoms with E-state index in [2.05, 4.69) is 32.1 Å². The molecule has 14 heavy (non-hydrogen) atoms. The molecule has 1 saturated carbocycles. The fourth-order valence-electron chi connectivity index (χ4n) is 2.48. The smallest absolute Gasteiger partial charge is 0.305 e. The molecule has 0 spiro atoms. The molecule has 2 atom stereocenters. The van der Waals surface area contributed by atoms with Crippen LogP contribution in [0.15, 0.2) is 12.2 Å². The molecule has 0 aromatic heterocycles. The maximum Gasteiger partial charge on any atom is 0.305 e. The van der Waals surface area contributed by atoms with Crippen molar-refractivity contribution in [3.05, 3.63) is 12.2 Å². The Morgan fingerprint density at radius 1 is 1.57 bits per heavy atom. The monoisotopic (exact) mass is 196 g/mol. The lowest BCUT2D eigenvalue weighted by Crippen LogP contribution is -2.46. The Morgan fingerprint density at radius 3 is 2.50 bits per heavy atom. The third-order valence-electron chi connectivity index (χ3n) is 3.71. The number of esters is 1. The molecule has 0 heterocycles. The van der Waals surface area contributed by atoms with Crippen LogP contribution in [0.25, 0.3) is 0 Å². The Bertz CT molecular complexity index is 253. The number of allylic oxidation sites excluding steroid dienone is 1. The second kappa shape index (κ2) is 3.76. The van der Waals surface area contributed by atoms with E-state index in [1.165, 1.54) is 12.7 Å². The molecule has 0 unspecified atom stereocenters. The lowest BCUT2D eigenvalue weighted by molar-refractivity contribution is -0.146. The van der Waals surface area contributed by atoms with Crippen LogP contribution in [0.2, 0.25) is 0 Å². The number of hydrogen-bond acceptors (Lipinski definition) is 2. The Labute approximate surface area is 86.3 Å². The quantitative estimate of drug-likeness (QED) is 0.512. The summed E-state index contributed by atoms with van der Waals surface area (Å²) in [6, 6.07) is 0. The van der Waals surface area contributed by atoms with Gasteiger partial charge in [-0.25, -0.2) is 0 Å². The predicted octanol–water partition coefficient (Wildman–Crippen LogP) is 2.79. The van der Waals surface area contributed by atoms with E-state index < -0.39 is 0 Å². The van der Waals surface area contributed by atoms with Gasteiger partial charge in [0.15, 0.2) is 0 Å². The zero-order valence-corrected chi connectivity index (χ0v) is 9.59. The van der Waals surface area contributed by atoms with Crippen molar-refractivity contribution in [2.45, 2.75) is 33.6 Å². The predicted molar refractivity (Wildman–Crippen MR) is 56.8 cm³/mol. The second-order valence-electron chi connectivity index (χ2n) is 4.93. The summed E-state index contributed by atoms with van der Waals surface area (Å²) in [7, 11) is 1.45. The van der Waals surface area contributed by atoms with Gasteiger partial charge < -0.3 is 4.74 Å². The highest BCUT2D eigenvalue weighted by molar-refractivity contribution is 5.69. The number of rotatable bonds is 3. The Hall–Kier alpha value is -0.790. The maximum absolute atomic E-state index is 11.1. The first-order chi connectivity index (χ1) is 6.39. The van der Waals surface area contributed by atoms with Crippen LogP contribution >= 0.6 is 0 Å². The molecule has 2 nitrogen and oxygen atoms in total. The molecule has 0 aliphatic heterocycles. The van der Waals surface area contributed by atoms with Gasteiger partial charge >= 0.3 is 5.97 Å². The van der Waals surface area contributed by atoms with E-state index in [9.17, 15) is 4.79 Å². The van der Waals surface area contributed by atoms with E-state index >= 15 is 0 Å². The summed E-state index contributed by atoms with van der Waals surface area (Å²) in [6.07, 6.45) is 1.63. The average Bonchev–Trinajstić information content (AvgIpc) is 2.10. The zero-order chi connectivity index (χ0) is 10.9. The summed E-state index contributed by atoms with van der Waals surface area (Å²) in [5.74, 6) is 0.928. The van der Waals surface area contributed by atoms with Crippen LogP contribution in [0.5, 0.6) is 0 Å². The molecule has 0 radical (unpaired) electrons. The van der Waals surface area contributed by atoms with Crippen LogP contribution in [-0.2, 0) is 9.53 Å². The summed E-state index contributed by atoms with van der Waals surface area (Å²) in [5.41, 5.74) is 1.44. The number of carbonyl (C=O) groups is 1. The molecular formula is C12H20O2. The molecule has 0 saturated heterocycles. The summed E-state index contributed by atoms with van der Waals surface area (Å²) in [4.78, 5) is 11.1. The molecule has 2 heteroatoms. The summed E-state index contributed by atoms with van der Waals surface area (Å²) >= 11 is 0. The summed E-state index contributed by atoms with van der Waals surface area (Å²) < 4.78 is 4.68. The molecule has 80 valence electrons. The van der Waals surface area contributed by atoms with Gasteiger partial charge in [-0.2, -0.15) is 0 Å². The highest BCUT2D eigenvalue weighted by atomic mass is 16.5. The largest absolute Gasteiger partial charge is 0.469 e. The van der Waals surface area contributed by atoms with E-state index in [0.29, 0.717) is 18.3 Å². The fraction of sp³-hybridized carbons (Fsp3) is 0.750. The van der Waals surface area contributed by atoms with Crippen molar-refractivity contribution in [3.8, 4) is 0 Å². The molecule has 1 aliphatic carbocycles. The normalized spacial score (nSPS) is 29.1. The highest BCUT2D eigenvalue weighted by Crippen LogP contribution is 2.55. The minimum atomic E-state index is -0.0942. The van der Waals surface area contributed by atoms with Gasteiger partial charge in [-0.1, -0.05) is 26.0 Å². The van der Waals surface area contributed by atoms with Crippen LogP contribution in [0.4, 0.5) is 0 Å². The lowest BCUT2D eigenvalue weighted by Gasteiger charge is -2.52. The number of ether oxygens (including phenoxy) is 1. The minimum absolute atomic E-state index is 0.0942. The van der Waals surface area contributed by atoms with Crippen LogP contribution < -0.4 is 0 Å². The van der Waals surface area contributed by atoms with Crippen molar-refractivity contribution in [1.29, 1.82) is 0 Å². The number of carbonyl (C=O) groups excluding carboxylic acids is 1. The standard InChI is InChI=1S/C12H20O2/c1-8(2)10-6-9(12(10,3)4)7-11(13)14-5/h9-10H,1,6-7H2,2-5H3/t9-,10+/m0/s1. The number of hydrogen-bond donors (Lipinski definition) is 0. The Balaban J connectivity index is 2.54. The van der Waals surface area contributed by atoms with Gasteiger partial charge in [0.05, 0.1) is 7.11 Å². The van der Waals surface area contributed by atoms with Gasteiger partial charge in [0, 0.05) is 6.42 Å². The molecule has 0 bridgehead atoms. The van der Waals surface area contributed by atoms with Gasteiger partial charge in [-0.05, 0) is 30.6 Å². The molecule has 1 aliphatic rings. The van der Waals surface area contributed by atoms with Gasteiger partial charge in [-0.3, -0.25) is 4.79 Å². The Morgan fingerprint density at radius 2 is 2.14 bits per heavy atom. The summed E-state index contributed by atoms with van der Waals surface area (Å²) in [6.45, 7) is 10.5. The summed E-state index contributed by atoms with van der Waals surface area (Å²) in [5, 5.41) is 0. The lowest BCUT2D eigenvalue weighted by atomic mass is 9.52. The van der Waals surface area contributed by atoms with Crippen molar-refractivity contribution in [3.63, 3.8) is 0 Å². The minimum Gasteiger partial charge on any atom is -0.469 e. The van der Waals surface area contributed by atoms with E-state index in [1.807, 2.05) is 0 Å². The first-order valence-corrected chi connectivity index (χ1v) is 5.11. The second-order valence-corrected chi connectivity index (χ2v) is 4.93. The first kappa shape index (κ1) is 11.3.